The molecule has 0 aliphatic carbocycles. The third-order valence-corrected chi connectivity index (χ3v) is 4.04. The van der Waals surface area contributed by atoms with E-state index < -0.39 is 0 Å². The molecule has 1 aromatic carbocycles. The second-order valence-corrected chi connectivity index (χ2v) is 5.72. The summed E-state index contributed by atoms with van der Waals surface area (Å²) in [6, 6.07) is 2.93. The van der Waals surface area contributed by atoms with Gasteiger partial charge in [-0.1, -0.05) is 34.8 Å². The predicted octanol–water partition coefficient (Wildman–Crippen LogP) is 2.25. The summed E-state index contributed by atoms with van der Waals surface area (Å²) in [5.41, 5.74) is 0. The number of ether oxygens (including phenoxy) is 2. The van der Waals surface area contributed by atoms with Crippen LogP contribution >= 0.6 is 34.8 Å². The molecule has 1 fully saturated rings. The maximum Gasteiger partial charge on any atom is 0.260 e. The summed E-state index contributed by atoms with van der Waals surface area (Å²) in [7, 11) is 0. The van der Waals surface area contributed by atoms with Gasteiger partial charge in [-0.05, 0) is 6.07 Å². The molecule has 1 aliphatic rings. The van der Waals surface area contributed by atoms with Crippen molar-refractivity contribution in [2.75, 3.05) is 32.9 Å². The maximum absolute atomic E-state index is 12.1. The van der Waals surface area contributed by atoms with Gasteiger partial charge in [0.2, 0.25) is 0 Å². The molecule has 0 saturated carbocycles. The van der Waals surface area contributed by atoms with Crippen molar-refractivity contribution in [3.05, 3.63) is 27.2 Å². The van der Waals surface area contributed by atoms with E-state index in [2.05, 4.69) is 0 Å². The van der Waals surface area contributed by atoms with E-state index in [0.29, 0.717) is 35.5 Å². The molecule has 0 bridgehead atoms. The molecule has 1 unspecified atom stereocenters. The van der Waals surface area contributed by atoms with Crippen LogP contribution in [0, 0.1) is 0 Å². The molecule has 1 N–H and O–H groups in total. The number of hydrogen-bond donors (Lipinski definition) is 1. The van der Waals surface area contributed by atoms with E-state index in [1.807, 2.05) is 0 Å². The molecule has 1 aromatic rings. The number of morpholine rings is 1. The summed E-state index contributed by atoms with van der Waals surface area (Å²) in [6.07, 6.45) is -0.351. The van der Waals surface area contributed by atoms with Crippen LogP contribution in [-0.4, -0.2) is 54.9 Å². The number of aliphatic hydroxyl groups is 1. The van der Waals surface area contributed by atoms with Gasteiger partial charge in [-0.15, -0.1) is 0 Å². The van der Waals surface area contributed by atoms with Crippen molar-refractivity contribution >= 4 is 40.7 Å². The van der Waals surface area contributed by atoms with Crippen LogP contribution < -0.4 is 4.74 Å². The lowest BCUT2D eigenvalue weighted by Gasteiger charge is -2.32. The average Bonchev–Trinajstić information content (AvgIpc) is 2.49. The van der Waals surface area contributed by atoms with Gasteiger partial charge in [-0.2, -0.15) is 0 Å². The van der Waals surface area contributed by atoms with Crippen LogP contribution in [0.3, 0.4) is 0 Å². The number of rotatable bonds is 4. The molecule has 8 heteroatoms. The van der Waals surface area contributed by atoms with Gasteiger partial charge in [0.05, 0.1) is 34.4 Å². The van der Waals surface area contributed by atoms with Gasteiger partial charge in [-0.25, -0.2) is 0 Å². The Labute approximate surface area is 137 Å². The summed E-state index contributed by atoms with van der Waals surface area (Å²) in [4.78, 5) is 13.6. The Bertz CT molecular complexity index is 526. The monoisotopic (exact) mass is 353 g/mol. The van der Waals surface area contributed by atoms with Crippen molar-refractivity contribution in [2.24, 2.45) is 0 Å². The van der Waals surface area contributed by atoms with Gasteiger partial charge < -0.3 is 19.5 Å². The van der Waals surface area contributed by atoms with Crippen molar-refractivity contribution in [2.45, 2.75) is 6.10 Å². The molecule has 1 atom stereocenters. The first-order valence-corrected chi connectivity index (χ1v) is 7.42. The third-order valence-electron chi connectivity index (χ3n) is 3.02. The highest BCUT2D eigenvalue weighted by Crippen LogP contribution is 2.33. The zero-order valence-corrected chi connectivity index (χ0v) is 13.3. The average molecular weight is 355 g/mol. The topological polar surface area (TPSA) is 59.0 Å². The zero-order valence-electron chi connectivity index (χ0n) is 11.0. The number of benzene rings is 1. The molecule has 0 spiro atoms. The Balaban J connectivity index is 1.93. The first-order chi connectivity index (χ1) is 10.0. The fourth-order valence-electron chi connectivity index (χ4n) is 1.90. The van der Waals surface area contributed by atoms with Gasteiger partial charge in [0.1, 0.15) is 5.75 Å². The molecule has 1 amide bonds. The van der Waals surface area contributed by atoms with Gasteiger partial charge in [-0.3, -0.25) is 4.79 Å². The molecule has 1 aliphatic heterocycles. The van der Waals surface area contributed by atoms with Crippen molar-refractivity contribution < 1.29 is 19.4 Å². The van der Waals surface area contributed by atoms with Gasteiger partial charge in [0, 0.05) is 19.2 Å². The van der Waals surface area contributed by atoms with E-state index in [9.17, 15) is 4.79 Å². The highest BCUT2D eigenvalue weighted by Gasteiger charge is 2.24. The molecule has 0 aromatic heterocycles. The van der Waals surface area contributed by atoms with Crippen LogP contribution in [0.4, 0.5) is 0 Å². The second kappa shape index (κ2) is 7.51. The lowest BCUT2D eigenvalue weighted by Crippen LogP contribution is -2.48. The van der Waals surface area contributed by atoms with Crippen LogP contribution in [0.15, 0.2) is 12.1 Å². The summed E-state index contributed by atoms with van der Waals surface area (Å²) in [5, 5.41) is 9.96. The summed E-state index contributed by atoms with van der Waals surface area (Å²) < 4.78 is 10.7. The van der Waals surface area contributed by atoms with Crippen molar-refractivity contribution in [3.63, 3.8) is 0 Å². The van der Waals surface area contributed by atoms with E-state index in [-0.39, 0.29) is 30.2 Å². The minimum atomic E-state index is -0.351. The van der Waals surface area contributed by atoms with E-state index in [4.69, 9.17) is 49.4 Å². The zero-order chi connectivity index (χ0) is 15.4. The lowest BCUT2D eigenvalue weighted by atomic mass is 10.3. The van der Waals surface area contributed by atoms with Crippen LogP contribution in [0.25, 0.3) is 0 Å². The Morgan fingerprint density at radius 1 is 1.33 bits per heavy atom. The SMILES string of the molecule is O=C(COc1cc(Cl)c(Cl)cc1Cl)N1CCOC(CO)C1. The van der Waals surface area contributed by atoms with E-state index in [1.165, 1.54) is 12.1 Å². The Kier molecular flexibility index (Phi) is 5.96. The van der Waals surface area contributed by atoms with E-state index in [1.54, 1.807) is 4.90 Å². The van der Waals surface area contributed by atoms with E-state index in [0.717, 1.165) is 0 Å². The minimum absolute atomic E-state index is 0.122. The molecule has 1 heterocycles. The molecular formula is C13H14Cl3NO4. The van der Waals surface area contributed by atoms with Gasteiger partial charge in [0.25, 0.3) is 5.91 Å². The first-order valence-electron chi connectivity index (χ1n) is 6.29. The summed E-state index contributed by atoms with van der Waals surface area (Å²) >= 11 is 17.7. The Morgan fingerprint density at radius 3 is 2.76 bits per heavy atom. The molecule has 116 valence electrons. The summed E-state index contributed by atoms with van der Waals surface area (Å²) in [5.74, 6) is 0.0882. The van der Waals surface area contributed by atoms with Crippen LogP contribution in [0.1, 0.15) is 0 Å². The van der Waals surface area contributed by atoms with Crippen molar-refractivity contribution in [1.29, 1.82) is 0 Å². The molecule has 2 rings (SSSR count). The third kappa shape index (κ3) is 4.37. The number of nitrogens with zero attached hydrogens (tertiary/aromatic N) is 1. The standard InChI is InChI=1S/C13H14Cl3NO4/c14-9-3-11(16)12(4-10(9)15)21-7-13(19)17-1-2-20-8(5-17)6-18/h3-4,8,18H,1-2,5-7H2. The molecular weight excluding hydrogens is 341 g/mol. The minimum Gasteiger partial charge on any atom is -0.482 e. The number of carbonyl (C=O) groups is 1. The predicted molar refractivity (Wildman–Crippen MR) is 80.4 cm³/mol. The lowest BCUT2D eigenvalue weighted by molar-refractivity contribution is -0.142. The molecule has 0 radical (unpaired) electrons. The Morgan fingerprint density at radius 2 is 2.05 bits per heavy atom. The number of aliphatic hydroxyl groups excluding tert-OH is 1. The van der Waals surface area contributed by atoms with E-state index >= 15 is 0 Å². The highest BCUT2D eigenvalue weighted by molar-refractivity contribution is 6.43. The second-order valence-electron chi connectivity index (χ2n) is 4.50. The number of halogens is 3. The maximum atomic E-state index is 12.1. The molecule has 1 saturated heterocycles. The van der Waals surface area contributed by atoms with Crippen LogP contribution in [0.2, 0.25) is 15.1 Å². The fraction of sp³-hybridized carbons (Fsp3) is 0.462. The fourth-order valence-corrected chi connectivity index (χ4v) is 2.49. The molecule has 5 nitrogen and oxygen atoms in total. The van der Waals surface area contributed by atoms with Crippen LogP contribution in [-0.2, 0) is 9.53 Å². The number of carbonyl (C=O) groups excluding carboxylic acids is 1. The molecule has 21 heavy (non-hydrogen) atoms. The number of amides is 1. The Hall–Kier alpha value is -0.720. The van der Waals surface area contributed by atoms with Gasteiger partial charge in [0.15, 0.2) is 6.61 Å². The first kappa shape index (κ1) is 16.6. The smallest absolute Gasteiger partial charge is 0.260 e. The number of hydrogen-bond acceptors (Lipinski definition) is 4. The van der Waals surface area contributed by atoms with Crippen molar-refractivity contribution in [1.82, 2.24) is 4.90 Å². The van der Waals surface area contributed by atoms with Gasteiger partial charge >= 0.3 is 0 Å². The quantitative estimate of drug-likeness (QED) is 0.843. The van der Waals surface area contributed by atoms with Crippen LogP contribution in [0.5, 0.6) is 5.75 Å². The largest absolute Gasteiger partial charge is 0.482 e. The van der Waals surface area contributed by atoms with Crippen molar-refractivity contribution in [3.8, 4) is 5.75 Å². The summed E-state index contributed by atoms with van der Waals surface area (Å²) in [6.45, 7) is 0.908. The normalized spacial score (nSPS) is 18.7. The highest BCUT2D eigenvalue weighted by atomic mass is 35.5.